The average molecular weight is 257 g/mol. The zero-order valence-electron chi connectivity index (χ0n) is 12.1. The summed E-state index contributed by atoms with van der Waals surface area (Å²) in [6, 6.07) is 0. The van der Waals surface area contributed by atoms with Crippen molar-refractivity contribution in [2.45, 2.75) is 58.1 Å². The molecule has 2 atom stereocenters. The molecule has 0 amide bonds. The van der Waals surface area contributed by atoms with Gasteiger partial charge in [0.15, 0.2) is 0 Å². The molecule has 0 radical (unpaired) electrons. The molecule has 0 spiro atoms. The van der Waals surface area contributed by atoms with Gasteiger partial charge in [0, 0.05) is 0 Å². The lowest BCUT2D eigenvalue weighted by Gasteiger charge is -2.32. The maximum absolute atomic E-state index is 12.1. The molecule has 1 saturated carbocycles. The molecule has 1 N–H and O–H groups in total. The second-order valence-electron chi connectivity index (χ2n) is 5.18. The fraction of sp³-hybridized carbons (Fsp3) is 0.929. The van der Waals surface area contributed by atoms with Crippen LogP contribution in [-0.4, -0.2) is 37.9 Å². The number of rotatable bonds is 9. The van der Waals surface area contributed by atoms with Gasteiger partial charge in [-0.15, -0.1) is 0 Å². The van der Waals surface area contributed by atoms with Gasteiger partial charge in [0.2, 0.25) is 0 Å². The second-order valence-corrected chi connectivity index (χ2v) is 5.18. The Morgan fingerprint density at radius 3 is 2.56 bits per heavy atom. The summed E-state index contributed by atoms with van der Waals surface area (Å²) in [6.45, 7) is 7.37. The van der Waals surface area contributed by atoms with Crippen molar-refractivity contribution < 1.29 is 14.3 Å². The van der Waals surface area contributed by atoms with Gasteiger partial charge in [0.05, 0.1) is 19.8 Å². The number of nitrogens with one attached hydrogen (secondary N) is 1. The first-order valence-corrected chi connectivity index (χ1v) is 7.05. The fourth-order valence-corrected chi connectivity index (χ4v) is 2.45. The predicted molar refractivity (Wildman–Crippen MR) is 71.5 cm³/mol. The molecular weight excluding hydrogens is 230 g/mol. The predicted octanol–water partition coefficient (Wildman–Crippen LogP) is 2.12. The topological polar surface area (TPSA) is 47.6 Å². The largest absolute Gasteiger partial charge is 0.468 e. The first-order valence-electron chi connectivity index (χ1n) is 7.05. The van der Waals surface area contributed by atoms with Crippen LogP contribution in [0.3, 0.4) is 0 Å². The molecule has 0 heterocycles. The third kappa shape index (κ3) is 3.69. The van der Waals surface area contributed by atoms with Gasteiger partial charge in [-0.25, -0.2) is 4.79 Å². The molecule has 4 heteroatoms. The quantitative estimate of drug-likeness (QED) is 0.643. The fourth-order valence-electron chi connectivity index (χ4n) is 2.45. The highest BCUT2D eigenvalue weighted by molar-refractivity contribution is 5.82. The molecule has 2 unspecified atom stereocenters. The van der Waals surface area contributed by atoms with E-state index < -0.39 is 5.54 Å². The monoisotopic (exact) mass is 257 g/mol. The second kappa shape index (κ2) is 7.10. The summed E-state index contributed by atoms with van der Waals surface area (Å²) in [7, 11) is 1.45. The van der Waals surface area contributed by atoms with Crippen LogP contribution in [0.5, 0.6) is 0 Å². The SMILES string of the molecule is CCCC(C)OCC(NCC)(C(=O)OC)C1CC1. The van der Waals surface area contributed by atoms with Gasteiger partial charge in [-0.2, -0.15) is 0 Å². The Morgan fingerprint density at radius 2 is 2.11 bits per heavy atom. The molecule has 0 saturated heterocycles. The lowest BCUT2D eigenvalue weighted by molar-refractivity contribution is -0.154. The molecule has 1 rings (SSSR count). The normalized spacial score (nSPS) is 20.2. The molecule has 1 fully saturated rings. The first-order chi connectivity index (χ1) is 8.60. The van der Waals surface area contributed by atoms with Gasteiger partial charge in [-0.05, 0) is 38.6 Å². The molecule has 4 nitrogen and oxygen atoms in total. The number of carbonyl (C=O) groups is 1. The van der Waals surface area contributed by atoms with Crippen LogP contribution in [0.2, 0.25) is 0 Å². The summed E-state index contributed by atoms with van der Waals surface area (Å²) in [6.07, 6.45) is 4.46. The highest BCUT2D eigenvalue weighted by atomic mass is 16.5. The van der Waals surface area contributed by atoms with E-state index in [1.807, 2.05) is 6.92 Å². The van der Waals surface area contributed by atoms with E-state index in [-0.39, 0.29) is 12.1 Å². The van der Waals surface area contributed by atoms with Crippen LogP contribution in [-0.2, 0) is 14.3 Å². The van der Waals surface area contributed by atoms with E-state index >= 15 is 0 Å². The van der Waals surface area contributed by atoms with Crippen molar-refractivity contribution >= 4 is 5.97 Å². The number of esters is 1. The van der Waals surface area contributed by atoms with Crippen molar-refractivity contribution in [3.8, 4) is 0 Å². The van der Waals surface area contributed by atoms with Crippen molar-refractivity contribution in [2.75, 3.05) is 20.3 Å². The minimum Gasteiger partial charge on any atom is -0.468 e. The Balaban J connectivity index is 2.66. The molecule has 1 aliphatic carbocycles. The van der Waals surface area contributed by atoms with Crippen LogP contribution >= 0.6 is 0 Å². The van der Waals surface area contributed by atoms with Crippen molar-refractivity contribution in [3.05, 3.63) is 0 Å². The molecule has 0 aliphatic heterocycles. The highest BCUT2D eigenvalue weighted by Gasteiger charge is 2.51. The molecule has 18 heavy (non-hydrogen) atoms. The lowest BCUT2D eigenvalue weighted by Crippen LogP contribution is -2.58. The molecule has 106 valence electrons. The van der Waals surface area contributed by atoms with Crippen molar-refractivity contribution in [3.63, 3.8) is 0 Å². The van der Waals surface area contributed by atoms with Crippen LogP contribution in [0, 0.1) is 5.92 Å². The summed E-state index contributed by atoms with van der Waals surface area (Å²) < 4.78 is 10.8. The molecule has 0 bridgehead atoms. The standard InChI is InChI=1S/C14H27NO3/c1-5-7-11(3)18-10-14(15-6-2,12-8-9-12)13(16)17-4/h11-12,15H,5-10H2,1-4H3. The van der Waals surface area contributed by atoms with E-state index in [9.17, 15) is 4.79 Å². The Hall–Kier alpha value is -0.610. The Labute approximate surface area is 110 Å². The van der Waals surface area contributed by atoms with E-state index in [1.165, 1.54) is 7.11 Å². The van der Waals surface area contributed by atoms with E-state index in [2.05, 4.69) is 19.2 Å². The molecular formula is C14H27NO3. The van der Waals surface area contributed by atoms with Gasteiger partial charge < -0.3 is 9.47 Å². The summed E-state index contributed by atoms with van der Waals surface area (Å²) in [5.41, 5.74) is -0.633. The van der Waals surface area contributed by atoms with Gasteiger partial charge in [-0.3, -0.25) is 5.32 Å². The van der Waals surface area contributed by atoms with Crippen LogP contribution in [0.4, 0.5) is 0 Å². The van der Waals surface area contributed by atoms with Gasteiger partial charge >= 0.3 is 5.97 Å². The Bertz CT molecular complexity index is 266. The summed E-state index contributed by atoms with van der Waals surface area (Å²) in [4.78, 5) is 12.1. The molecule has 0 aromatic rings. The summed E-state index contributed by atoms with van der Waals surface area (Å²) >= 11 is 0. The number of hydrogen-bond donors (Lipinski definition) is 1. The number of carbonyl (C=O) groups excluding carboxylic acids is 1. The van der Waals surface area contributed by atoms with Crippen molar-refractivity contribution in [1.82, 2.24) is 5.32 Å². The summed E-state index contributed by atoms with van der Waals surface area (Å²) in [5, 5.41) is 3.31. The lowest BCUT2D eigenvalue weighted by atomic mass is 9.94. The average Bonchev–Trinajstić information content (AvgIpc) is 3.18. The minimum atomic E-state index is -0.633. The highest BCUT2D eigenvalue weighted by Crippen LogP contribution is 2.41. The van der Waals surface area contributed by atoms with Crippen molar-refractivity contribution in [1.29, 1.82) is 0 Å². The van der Waals surface area contributed by atoms with Crippen LogP contribution in [0.25, 0.3) is 0 Å². The number of hydrogen-bond acceptors (Lipinski definition) is 4. The Morgan fingerprint density at radius 1 is 1.44 bits per heavy atom. The Kier molecular flexibility index (Phi) is 6.09. The summed E-state index contributed by atoms with van der Waals surface area (Å²) in [5.74, 6) is 0.175. The van der Waals surface area contributed by atoms with Gasteiger partial charge in [0.25, 0.3) is 0 Å². The maximum Gasteiger partial charge on any atom is 0.328 e. The van der Waals surface area contributed by atoms with Gasteiger partial charge in [-0.1, -0.05) is 20.3 Å². The number of methoxy groups -OCH3 is 1. The van der Waals surface area contributed by atoms with Crippen LogP contribution in [0.1, 0.15) is 46.5 Å². The van der Waals surface area contributed by atoms with E-state index in [1.54, 1.807) is 0 Å². The molecule has 0 aromatic carbocycles. The van der Waals surface area contributed by atoms with Crippen molar-refractivity contribution in [2.24, 2.45) is 5.92 Å². The third-order valence-corrected chi connectivity index (χ3v) is 3.61. The van der Waals surface area contributed by atoms with Gasteiger partial charge in [0.1, 0.15) is 5.54 Å². The zero-order chi connectivity index (χ0) is 13.6. The minimum absolute atomic E-state index is 0.185. The molecule has 1 aliphatic rings. The smallest absolute Gasteiger partial charge is 0.328 e. The number of ether oxygens (including phenoxy) is 2. The van der Waals surface area contributed by atoms with E-state index in [4.69, 9.17) is 9.47 Å². The third-order valence-electron chi connectivity index (χ3n) is 3.61. The van der Waals surface area contributed by atoms with E-state index in [0.29, 0.717) is 12.5 Å². The van der Waals surface area contributed by atoms with Crippen LogP contribution in [0.15, 0.2) is 0 Å². The number of likely N-dealkylation sites (N-methyl/N-ethyl adjacent to an activating group) is 1. The zero-order valence-corrected chi connectivity index (χ0v) is 12.1. The van der Waals surface area contributed by atoms with Crippen LogP contribution < -0.4 is 5.32 Å². The molecule has 0 aromatic heterocycles. The first kappa shape index (κ1) is 15.4. The van der Waals surface area contributed by atoms with E-state index in [0.717, 1.165) is 32.2 Å². The maximum atomic E-state index is 12.1.